The normalized spacial score (nSPS) is 11.6. The van der Waals surface area contributed by atoms with Crippen molar-refractivity contribution in [3.63, 3.8) is 0 Å². The molecule has 0 fully saturated rings. The fourth-order valence-corrected chi connectivity index (χ4v) is 2.63. The third kappa shape index (κ3) is 6.49. The Balaban J connectivity index is 0.00000450. The molecule has 2 rings (SSSR count). The van der Waals surface area contributed by atoms with Crippen molar-refractivity contribution < 1.29 is 40.7 Å². The van der Waals surface area contributed by atoms with Crippen LogP contribution in [0, 0.1) is 0 Å². The Morgan fingerprint density at radius 2 is 1.60 bits per heavy atom. The van der Waals surface area contributed by atoms with Crippen molar-refractivity contribution in [3.05, 3.63) is 57.7 Å². The average molecular weight is 481 g/mol. The molecule has 2 aromatic rings. The Kier molecular flexibility index (Phi) is 9.48. The Morgan fingerprint density at radius 3 is 2.13 bits per heavy atom. The molecule has 5 nitrogen and oxygen atoms in total. The van der Waals surface area contributed by atoms with E-state index in [9.17, 15) is 35.9 Å². The predicted octanol–water partition coefficient (Wildman–Crippen LogP) is 3.76. The van der Waals surface area contributed by atoms with Gasteiger partial charge in [-0.2, -0.15) is 26.3 Å². The van der Waals surface area contributed by atoms with Crippen molar-refractivity contribution >= 4 is 74.7 Å². The standard InChI is InChI=1S/C17H11ClF6N2O3.K.H/c18-14-9(6-25)11(17(22,23)24)7-26-15(14)29-13(28)5-12(27)8-3-1-2-4-10(8)16(19,20)21;;/h1-4,7H,5-6,25H2;;. The quantitative estimate of drug-likeness (QED) is 0.232. The van der Waals surface area contributed by atoms with E-state index in [0.29, 0.717) is 12.3 Å². The number of Topliss-reactive ketones (excluding diaryl/α,β-unsaturated/α-hetero) is 1. The first-order valence-electron chi connectivity index (χ1n) is 7.71. The molecule has 1 aromatic heterocycles. The van der Waals surface area contributed by atoms with Crippen LogP contribution in [0.5, 0.6) is 5.88 Å². The number of ketones is 1. The van der Waals surface area contributed by atoms with E-state index in [4.69, 9.17) is 17.3 Å². The summed E-state index contributed by atoms with van der Waals surface area (Å²) in [4.78, 5) is 27.3. The molecule has 0 aliphatic carbocycles. The molecule has 0 atom stereocenters. The van der Waals surface area contributed by atoms with Crippen molar-refractivity contribution in [2.45, 2.75) is 25.3 Å². The number of hydrogen-bond acceptors (Lipinski definition) is 5. The number of rotatable bonds is 5. The topological polar surface area (TPSA) is 82.3 Å². The van der Waals surface area contributed by atoms with E-state index in [1.54, 1.807) is 0 Å². The molecule has 0 spiro atoms. The first-order valence-corrected chi connectivity index (χ1v) is 8.08. The van der Waals surface area contributed by atoms with Gasteiger partial charge >= 0.3 is 69.7 Å². The minimum atomic E-state index is -4.83. The van der Waals surface area contributed by atoms with Crippen molar-refractivity contribution in [3.8, 4) is 5.88 Å². The van der Waals surface area contributed by atoms with Crippen molar-refractivity contribution in [2.75, 3.05) is 0 Å². The van der Waals surface area contributed by atoms with Crippen LogP contribution in [0.15, 0.2) is 30.5 Å². The van der Waals surface area contributed by atoms with Gasteiger partial charge in [-0.1, -0.05) is 29.8 Å². The van der Waals surface area contributed by atoms with Crippen LogP contribution in [0.1, 0.15) is 33.5 Å². The van der Waals surface area contributed by atoms with Gasteiger partial charge in [0.05, 0.1) is 11.1 Å². The molecule has 0 saturated heterocycles. The Morgan fingerprint density at radius 1 is 1.03 bits per heavy atom. The Labute approximate surface area is 213 Å². The molecule has 0 amide bonds. The Bertz CT molecular complexity index is 950. The number of nitrogens with zero attached hydrogens (tertiary/aromatic N) is 1. The summed E-state index contributed by atoms with van der Waals surface area (Å²) in [5.74, 6) is -3.31. The number of benzene rings is 1. The van der Waals surface area contributed by atoms with Gasteiger partial charge in [-0.3, -0.25) is 9.59 Å². The van der Waals surface area contributed by atoms with Gasteiger partial charge in [0.15, 0.2) is 5.78 Å². The summed E-state index contributed by atoms with van der Waals surface area (Å²) in [6.07, 6.45) is -10.4. The van der Waals surface area contributed by atoms with E-state index in [-0.39, 0.29) is 51.4 Å². The van der Waals surface area contributed by atoms with E-state index < -0.39 is 70.2 Å². The van der Waals surface area contributed by atoms with E-state index in [1.807, 2.05) is 0 Å². The van der Waals surface area contributed by atoms with Crippen molar-refractivity contribution in [1.82, 2.24) is 4.98 Å². The van der Waals surface area contributed by atoms with Gasteiger partial charge < -0.3 is 10.5 Å². The number of hydrogen-bond donors (Lipinski definition) is 1. The van der Waals surface area contributed by atoms with Crippen molar-refractivity contribution in [2.24, 2.45) is 5.73 Å². The SMILES string of the molecule is NCc1c(C(F)(F)F)cnc(OC(=O)CC(=O)c2ccccc2C(F)(F)F)c1Cl.[KH]. The van der Waals surface area contributed by atoms with E-state index >= 15 is 0 Å². The van der Waals surface area contributed by atoms with Crippen LogP contribution in [0.25, 0.3) is 0 Å². The molecule has 0 aliphatic rings. The van der Waals surface area contributed by atoms with Gasteiger partial charge in [-0.15, -0.1) is 0 Å². The summed E-state index contributed by atoms with van der Waals surface area (Å²) < 4.78 is 82.3. The molecule has 1 aromatic carbocycles. The van der Waals surface area contributed by atoms with Crippen LogP contribution in [-0.2, 0) is 23.7 Å². The fourth-order valence-electron chi connectivity index (χ4n) is 2.36. The van der Waals surface area contributed by atoms with E-state index in [1.165, 1.54) is 6.07 Å². The molecule has 0 aliphatic heterocycles. The van der Waals surface area contributed by atoms with Gasteiger partial charge in [0.2, 0.25) is 5.88 Å². The molecule has 0 saturated carbocycles. The van der Waals surface area contributed by atoms with Crippen LogP contribution in [0.2, 0.25) is 5.02 Å². The van der Waals surface area contributed by atoms with E-state index in [2.05, 4.69) is 9.72 Å². The molecule has 30 heavy (non-hydrogen) atoms. The minimum absolute atomic E-state index is 0. The maximum atomic E-state index is 13.0. The van der Waals surface area contributed by atoms with Gasteiger partial charge in [0.1, 0.15) is 11.4 Å². The summed E-state index contributed by atoms with van der Waals surface area (Å²) >= 11 is 5.75. The van der Waals surface area contributed by atoms with E-state index in [0.717, 1.165) is 12.1 Å². The van der Waals surface area contributed by atoms with Crippen LogP contribution in [0.3, 0.4) is 0 Å². The molecule has 0 radical (unpaired) electrons. The second kappa shape index (κ2) is 10.5. The summed E-state index contributed by atoms with van der Waals surface area (Å²) in [6, 6.07) is 3.79. The van der Waals surface area contributed by atoms with Gasteiger partial charge in [0.25, 0.3) is 0 Å². The monoisotopic (exact) mass is 480 g/mol. The fraction of sp³-hybridized carbons (Fsp3) is 0.235. The number of ether oxygens (including phenoxy) is 1. The summed E-state index contributed by atoms with van der Waals surface area (Å²) in [5.41, 5.74) is 1.42. The zero-order valence-corrected chi connectivity index (χ0v) is 15.0. The first kappa shape index (κ1) is 27.0. The summed E-state index contributed by atoms with van der Waals surface area (Å²) in [6.45, 7) is -0.654. The van der Waals surface area contributed by atoms with Gasteiger partial charge in [0, 0.05) is 23.9 Å². The predicted molar refractivity (Wildman–Crippen MR) is 95.3 cm³/mol. The molecular formula is C17H12ClF6KN2O3. The molecular weight excluding hydrogens is 469 g/mol. The van der Waals surface area contributed by atoms with Crippen LogP contribution >= 0.6 is 11.6 Å². The summed E-state index contributed by atoms with van der Waals surface area (Å²) in [7, 11) is 0. The van der Waals surface area contributed by atoms with Gasteiger partial charge in [-0.25, -0.2) is 4.98 Å². The number of aromatic nitrogens is 1. The van der Waals surface area contributed by atoms with Crippen molar-refractivity contribution in [1.29, 1.82) is 0 Å². The number of nitrogens with two attached hydrogens (primary N) is 1. The second-order valence-corrected chi connectivity index (χ2v) is 5.97. The number of esters is 1. The molecule has 1 heterocycles. The van der Waals surface area contributed by atoms with Crippen LogP contribution < -0.4 is 10.5 Å². The molecule has 0 bridgehead atoms. The zero-order chi connectivity index (χ0) is 22.0. The zero-order valence-electron chi connectivity index (χ0n) is 14.2. The molecule has 158 valence electrons. The van der Waals surface area contributed by atoms with Crippen LogP contribution in [0.4, 0.5) is 26.3 Å². The molecule has 0 unspecified atom stereocenters. The number of halogens is 7. The third-order valence-electron chi connectivity index (χ3n) is 3.65. The number of alkyl halides is 6. The second-order valence-electron chi connectivity index (χ2n) is 5.59. The average Bonchev–Trinajstić information content (AvgIpc) is 2.61. The molecule has 13 heteroatoms. The summed E-state index contributed by atoms with van der Waals surface area (Å²) in [5, 5.41) is -0.696. The number of pyridine rings is 1. The Hall–Kier alpha value is -1.02. The third-order valence-corrected chi connectivity index (χ3v) is 4.04. The van der Waals surface area contributed by atoms with Crippen LogP contribution in [-0.4, -0.2) is 68.1 Å². The first-order chi connectivity index (χ1) is 13.4. The maximum absolute atomic E-state index is 13.0. The number of carbonyl (C=O) groups is 2. The van der Waals surface area contributed by atoms with Gasteiger partial charge in [-0.05, 0) is 6.07 Å². The molecule has 2 N–H and O–H groups in total. The number of carbonyl (C=O) groups excluding carboxylic acids is 2.